The van der Waals surface area contributed by atoms with E-state index < -0.39 is 0 Å². The molecule has 0 spiro atoms. The van der Waals surface area contributed by atoms with Crippen molar-refractivity contribution in [1.29, 1.82) is 0 Å². The van der Waals surface area contributed by atoms with E-state index in [4.69, 9.17) is 0 Å². The highest BCUT2D eigenvalue weighted by atomic mass is 79.9. The minimum Gasteiger partial charge on any atom is -0.378 e. The lowest BCUT2D eigenvalue weighted by Gasteiger charge is -2.20. The third-order valence-electron chi connectivity index (χ3n) is 2.72. The predicted octanol–water partition coefficient (Wildman–Crippen LogP) is 4.28. The van der Waals surface area contributed by atoms with E-state index in [2.05, 4.69) is 58.5 Å². The van der Waals surface area contributed by atoms with Crippen LogP contribution in [-0.4, -0.2) is 6.04 Å². The van der Waals surface area contributed by atoms with Gasteiger partial charge >= 0.3 is 0 Å². The molecule has 15 heavy (non-hydrogen) atoms. The van der Waals surface area contributed by atoms with Gasteiger partial charge in [0.2, 0.25) is 0 Å². The second-order valence-corrected chi connectivity index (χ2v) is 4.95. The second kappa shape index (κ2) is 4.84. The lowest BCUT2D eigenvalue weighted by molar-refractivity contribution is 0.673. The molecule has 0 saturated heterocycles. The van der Waals surface area contributed by atoms with Gasteiger partial charge in [-0.1, -0.05) is 18.2 Å². The Balaban J connectivity index is 2.12. The molecule has 80 valence electrons. The molecule has 1 N–H and O–H groups in total. The molecular formula is C13H16BrN. The average Bonchev–Trinajstić information content (AvgIpc) is 2.25. The Morgan fingerprint density at radius 2 is 2.27 bits per heavy atom. The van der Waals surface area contributed by atoms with Crippen molar-refractivity contribution in [1.82, 2.24) is 0 Å². The van der Waals surface area contributed by atoms with Crippen molar-refractivity contribution in [3.05, 3.63) is 40.4 Å². The first-order valence-electron chi connectivity index (χ1n) is 5.45. The Labute approximate surface area is 99.7 Å². The first-order chi connectivity index (χ1) is 7.25. The Hall–Kier alpha value is -0.760. The van der Waals surface area contributed by atoms with Gasteiger partial charge in [0.25, 0.3) is 0 Å². The molecular weight excluding hydrogens is 250 g/mol. The molecule has 1 nitrogen and oxygen atoms in total. The summed E-state index contributed by atoms with van der Waals surface area (Å²) in [4.78, 5) is 0. The Morgan fingerprint density at radius 3 is 3.00 bits per heavy atom. The maximum Gasteiger partial charge on any atom is 0.0491 e. The maximum atomic E-state index is 3.57. The summed E-state index contributed by atoms with van der Waals surface area (Å²) >= 11 is 3.57. The van der Waals surface area contributed by atoms with Gasteiger partial charge in [-0.2, -0.15) is 0 Å². The van der Waals surface area contributed by atoms with Crippen molar-refractivity contribution < 1.29 is 0 Å². The maximum absolute atomic E-state index is 3.57. The summed E-state index contributed by atoms with van der Waals surface area (Å²) in [6, 6.07) is 6.90. The summed E-state index contributed by atoms with van der Waals surface area (Å²) in [5.41, 5.74) is 2.49. The number of rotatable bonds is 2. The number of hydrogen-bond donors (Lipinski definition) is 1. The van der Waals surface area contributed by atoms with Gasteiger partial charge < -0.3 is 5.32 Å². The van der Waals surface area contributed by atoms with Crippen LogP contribution in [0.5, 0.6) is 0 Å². The third kappa shape index (κ3) is 2.85. The summed E-state index contributed by atoms with van der Waals surface area (Å²) in [6.07, 6.45) is 8.30. The molecule has 1 aromatic rings. The lowest BCUT2D eigenvalue weighted by Crippen LogP contribution is -2.18. The topological polar surface area (TPSA) is 12.0 Å². The summed E-state index contributed by atoms with van der Waals surface area (Å²) in [6.45, 7) is 2.12. The first-order valence-corrected chi connectivity index (χ1v) is 6.24. The minimum absolute atomic E-state index is 0.497. The zero-order valence-electron chi connectivity index (χ0n) is 8.96. The van der Waals surface area contributed by atoms with Gasteiger partial charge in [0.05, 0.1) is 0 Å². The molecule has 0 aromatic heterocycles. The van der Waals surface area contributed by atoms with E-state index in [1.165, 1.54) is 30.5 Å². The summed E-state index contributed by atoms with van der Waals surface area (Å²) in [5.74, 6) is 0. The summed E-state index contributed by atoms with van der Waals surface area (Å²) < 4.78 is 1.15. The van der Waals surface area contributed by atoms with Gasteiger partial charge in [0, 0.05) is 16.2 Å². The molecule has 0 amide bonds. The molecule has 1 aliphatic rings. The fourth-order valence-corrected chi connectivity index (χ4v) is 2.24. The summed E-state index contributed by atoms with van der Waals surface area (Å²) in [5, 5.41) is 3.56. The number of benzene rings is 1. The highest BCUT2D eigenvalue weighted by Crippen LogP contribution is 2.25. The van der Waals surface area contributed by atoms with Crippen LogP contribution in [0.25, 0.3) is 0 Å². The van der Waals surface area contributed by atoms with Gasteiger partial charge in [-0.3, -0.25) is 0 Å². The number of anilines is 1. The van der Waals surface area contributed by atoms with Gasteiger partial charge in [-0.15, -0.1) is 0 Å². The zero-order valence-corrected chi connectivity index (χ0v) is 10.5. The van der Waals surface area contributed by atoms with Crippen molar-refractivity contribution in [3.63, 3.8) is 0 Å². The van der Waals surface area contributed by atoms with Crippen LogP contribution in [0.4, 0.5) is 5.69 Å². The van der Waals surface area contributed by atoms with Gasteiger partial charge in [0.1, 0.15) is 0 Å². The van der Waals surface area contributed by atoms with Crippen LogP contribution in [0.3, 0.4) is 0 Å². The Kier molecular flexibility index (Phi) is 3.47. The highest BCUT2D eigenvalue weighted by Gasteiger charge is 2.09. The molecule has 1 aliphatic carbocycles. The van der Waals surface area contributed by atoms with Crippen LogP contribution < -0.4 is 5.32 Å². The molecule has 0 fully saturated rings. The first kappa shape index (κ1) is 10.7. The zero-order chi connectivity index (χ0) is 10.7. The number of halogens is 1. The van der Waals surface area contributed by atoms with E-state index in [-0.39, 0.29) is 0 Å². The molecule has 0 bridgehead atoms. The SMILES string of the molecule is Cc1ccc(Br)c(NC2C=CCCC2)c1. The minimum atomic E-state index is 0.497. The molecule has 0 radical (unpaired) electrons. The van der Waals surface area contributed by atoms with Crippen LogP contribution >= 0.6 is 15.9 Å². The Morgan fingerprint density at radius 1 is 1.40 bits per heavy atom. The molecule has 1 aromatic carbocycles. The second-order valence-electron chi connectivity index (χ2n) is 4.09. The van der Waals surface area contributed by atoms with Crippen molar-refractivity contribution >= 4 is 21.6 Å². The normalized spacial score (nSPS) is 20.3. The summed E-state index contributed by atoms with van der Waals surface area (Å²) in [7, 11) is 0. The van der Waals surface area contributed by atoms with Gasteiger partial charge in [-0.05, 0) is 59.8 Å². The molecule has 0 aliphatic heterocycles. The van der Waals surface area contributed by atoms with Crippen LogP contribution in [0, 0.1) is 6.92 Å². The smallest absolute Gasteiger partial charge is 0.0491 e. The van der Waals surface area contributed by atoms with Crippen LogP contribution in [-0.2, 0) is 0 Å². The lowest BCUT2D eigenvalue weighted by atomic mass is 10.0. The fraction of sp³-hybridized carbons (Fsp3) is 0.385. The van der Waals surface area contributed by atoms with Crippen molar-refractivity contribution in [2.45, 2.75) is 32.2 Å². The number of allylic oxidation sites excluding steroid dienone is 1. The van der Waals surface area contributed by atoms with E-state index >= 15 is 0 Å². The molecule has 1 atom stereocenters. The fourth-order valence-electron chi connectivity index (χ4n) is 1.88. The molecule has 0 saturated carbocycles. The van der Waals surface area contributed by atoms with Gasteiger partial charge in [-0.25, -0.2) is 0 Å². The quantitative estimate of drug-likeness (QED) is 0.788. The van der Waals surface area contributed by atoms with E-state index in [1.807, 2.05) is 0 Å². The molecule has 2 heteroatoms. The van der Waals surface area contributed by atoms with E-state index in [0.717, 1.165) is 4.47 Å². The van der Waals surface area contributed by atoms with E-state index in [1.54, 1.807) is 0 Å². The average molecular weight is 266 g/mol. The molecule has 1 unspecified atom stereocenters. The van der Waals surface area contributed by atoms with Crippen LogP contribution in [0.2, 0.25) is 0 Å². The van der Waals surface area contributed by atoms with E-state index in [9.17, 15) is 0 Å². The van der Waals surface area contributed by atoms with Crippen molar-refractivity contribution in [2.75, 3.05) is 5.32 Å². The van der Waals surface area contributed by atoms with Crippen molar-refractivity contribution in [3.8, 4) is 0 Å². The van der Waals surface area contributed by atoms with E-state index in [0.29, 0.717) is 6.04 Å². The van der Waals surface area contributed by atoms with Crippen molar-refractivity contribution in [2.24, 2.45) is 0 Å². The monoisotopic (exact) mass is 265 g/mol. The Bertz CT molecular complexity index is 371. The van der Waals surface area contributed by atoms with Crippen LogP contribution in [0.1, 0.15) is 24.8 Å². The highest BCUT2D eigenvalue weighted by molar-refractivity contribution is 9.10. The van der Waals surface area contributed by atoms with Crippen LogP contribution in [0.15, 0.2) is 34.8 Å². The number of nitrogens with one attached hydrogen (secondary N) is 1. The standard InChI is InChI=1S/C13H16BrN/c1-10-7-8-12(14)13(9-10)15-11-5-3-2-4-6-11/h3,5,7-9,11,15H,2,4,6H2,1H3. The molecule has 2 rings (SSSR count). The predicted molar refractivity (Wildman–Crippen MR) is 69.3 cm³/mol. The largest absolute Gasteiger partial charge is 0.378 e. The molecule has 0 heterocycles. The number of hydrogen-bond acceptors (Lipinski definition) is 1. The third-order valence-corrected chi connectivity index (χ3v) is 3.41. The van der Waals surface area contributed by atoms with Gasteiger partial charge in [0.15, 0.2) is 0 Å². The number of aryl methyl sites for hydroxylation is 1.